The molecule has 1 N–H and O–H groups in total. The molecule has 2 atom stereocenters. The molecule has 0 aromatic carbocycles. The summed E-state index contributed by atoms with van der Waals surface area (Å²) < 4.78 is 2.24. The Labute approximate surface area is 163 Å². The van der Waals surface area contributed by atoms with Crippen LogP contribution < -0.4 is 5.32 Å². The topological polar surface area (TPSA) is 51.7 Å². The predicted molar refractivity (Wildman–Crippen MR) is 108 cm³/mol. The van der Waals surface area contributed by atoms with Crippen LogP contribution in [0, 0.1) is 0 Å². The van der Waals surface area contributed by atoms with Crippen LogP contribution in [0.3, 0.4) is 0 Å². The number of likely N-dealkylation sites (N-methyl/N-ethyl adjacent to an activating group) is 1. The van der Waals surface area contributed by atoms with E-state index in [-0.39, 0.29) is 11.4 Å². The van der Waals surface area contributed by atoms with E-state index >= 15 is 0 Å². The zero-order valence-electron chi connectivity index (χ0n) is 15.6. The highest BCUT2D eigenvalue weighted by Crippen LogP contribution is 2.27. The molecule has 3 heterocycles. The number of hydrogen-bond donors (Lipinski definition) is 1. The standard InChI is InChI=1S/C18H29ClN5OP/c1-14-12-23(11-10-22(14)2)13-18(5-8-24(26)9-6-18)21-17(25)16-15(19)4-3-7-20-16/h3-4,7,14H,5-6,8-13,26H2,1-2H3,(H,21,25). The maximum absolute atomic E-state index is 12.9. The molecule has 0 aliphatic carbocycles. The molecule has 2 saturated heterocycles. The Balaban J connectivity index is 1.74. The number of carbonyl (C=O) groups is 1. The lowest BCUT2D eigenvalue weighted by molar-refractivity contribution is 0.0554. The van der Waals surface area contributed by atoms with Crippen molar-refractivity contribution in [1.29, 1.82) is 0 Å². The van der Waals surface area contributed by atoms with Gasteiger partial charge in [-0.1, -0.05) is 21.0 Å². The number of nitrogens with one attached hydrogen (secondary N) is 1. The van der Waals surface area contributed by atoms with E-state index in [1.54, 1.807) is 18.3 Å². The summed E-state index contributed by atoms with van der Waals surface area (Å²) in [5, 5.41) is 3.71. The minimum atomic E-state index is -0.235. The van der Waals surface area contributed by atoms with Crippen LogP contribution in [-0.4, -0.2) is 83.3 Å². The first kappa shape index (κ1) is 20.0. The number of carbonyl (C=O) groups excluding carboxylic acids is 1. The van der Waals surface area contributed by atoms with Crippen molar-refractivity contribution in [2.45, 2.75) is 31.3 Å². The molecule has 2 unspecified atom stereocenters. The van der Waals surface area contributed by atoms with Crippen LogP contribution in [0.1, 0.15) is 30.3 Å². The second-order valence-electron chi connectivity index (χ2n) is 7.67. The number of aromatic nitrogens is 1. The van der Waals surface area contributed by atoms with Crippen molar-refractivity contribution in [3.63, 3.8) is 0 Å². The number of amides is 1. The van der Waals surface area contributed by atoms with Gasteiger partial charge >= 0.3 is 0 Å². The number of piperidine rings is 1. The van der Waals surface area contributed by atoms with Gasteiger partial charge < -0.3 is 10.2 Å². The van der Waals surface area contributed by atoms with Crippen LogP contribution in [0.5, 0.6) is 0 Å². The van der Waals surface area contributed by atoms with Gasteiger partial charge in [0.15, 0.2) is 0 Å². The third kappa shape index (κ3) is 4.73. The second-order valence-corrected chi connectivity index (χ2v) is 8.81. The van der Waals surface area contributed by atoms with Crippen LogP contribution in [-0.2, 0) is 0 Å². The highest BCUT2D eigenvalue weighted by atomic mass is 35.5. The summed E-state index contributed by atoms with van der Waals surface area (Å²) in [6.45, 7) is 8.16. The van der Waals surface area contributed by atoms with Crippen molar-refractivity contribution in [2.24, 2.45) is 0 Å². The van der Waals surface area contributed by atoms with Gasteiger partial charge in [0.25, 0.3) is 5.91 Å². The largest absolute Gasteiger partial charge is 0.344 e. The Morgan fingerprint density at radius 1 is 1.38 bits per heavy atom. The van der Waals surface area contributed by atoms with Crippen LogP contribution in [0.4, 0.5) is 0 Å². The zero-order valence-corrected chi connectivity index (χ0v) is 17.5. The summed E-state index contributed by atoms with van der Waals surface area (Å²) in [7, 11) is 4.95. The molecule has 0 radical (unpaired) electrons. The van der Waals surface area contributed by atoms with E-state index in [4.69, 9.17) is 11.6 Å². The van der Waals surface area contributed by atoms with E-state index < -0.39 is 0 Å². The van der Waals surface area contributed by atoms with E-state index in [0.29, 0.717) is 16.8 Å². The Kier molecular flexibility index (Phi) is 6.52. The Morgan fingerprint density at radius 3 is 2.77 bits per heavy atom. The summed E-state index contributed by atoms with van der Waals surface area (Å²) in [6, 6.07) is 3.99. The van der Waals surface area contributed by atoms with Gasteiger partial charge in [-0.05, 0) is 38.9 Å². The van der Waals surface area contributed by atoms with Crippen molar-refractivity contribution in [1.82, 2.24) is 24.8 Å². The highest BCUT2D eigenvalue weighted by molar-refractivity contribution is 7.13. The molecule has 0 spiro atoms. The van der Waals surface area contributed by atoms with Crippen molar-refractivity contribution in [3.05, 3.63) is 29.0 Å². The lowest BCUT2D eigenvalue weighted by Crippen LogP contribution is -2.62. The van der Waals surface area contributed by atoms with Gasteiger partial charge in [0.2, 0.25) is 0 Å². The average Bonchev–Trinajstić information content (AvgIpc) is 2.61. The summed E-state index contributed by atoms with van der Waals surface area (Å²) in [4.78, 5) is 21.9. The van der Waals surface area contributed by atoms with Gasteiger partial charge in [0.1, 0.15) is 5.69 Å². The van der Waals surface area contributed by atoms with Gasteiger partial charge in [-0.25, -0.2) is 4.98 Å². The smallest absolute Gasteiger partial charge is 0.271 e. The molecule has 0 bridgehead atoms. The summed E-state index contributed by atoms with van der Waals surface area (Å²) >= 11 is 6.18. The number of rotatable bonds is 4. The maximum Gasteiger partial charge on any atom is 0.271 e. The maximum atomic E-state index is 12.9. The van der Waals surface area contributed by atoms with E-state index in [1.807, 2.05) is 0 Å². The number of nitrogens with zero attached hydrogens (tertiary/aromatic N) is 4. The third-order valence-corrected chi connectivity index (χ3v) is 6.50. The molecule has 2 fully saturated rings. The average molecular weight is 398 g/mol. The molecule has 2 aliphatic rings. The van der Waals surface area contributed by atoms with Crippen LogP contribution >= 0.6 is 21.0 Å². The minimum Gasteiger partial charge on any atom is -0.344 e. The normalized spacial score (nSPS) is 25.2. The van der Waals surface area contributed by atoms with E-state index in [9.17, 15) is 4.79 Å². The van der Waals surface area contributed by atoms with Crippen LogP contribution in [0.15, 0.2) is 18.3 Å². The molecular weight excluding hydrogens is 369 g/mol. The van der Waals surface area contributed by atoms with Gasteiger partial charge in [0.05, 0.1) is 10.6 Å². The van der Waals surface area contributed by atoms with E-state index in [1.165, 1.54) is 0 Å². The van der Waals surface area contributed by atoms with Crippen molar-refractivity contribution in [2.75, 3.05) is 46.3 Å². The van der Waals surface area contributed by atoms with Gasteiger partial charge in [-0.15, -0.1) is 0 Å². The number of pyridine rings is 1. The molecule has 144 valence electrons. The minimum absolute atomic E-state index is 0.171. The van der Waals surface area contributed by atoms with E-state index in [0.717, 1.165) is 52.1 Å². The molecule has 1 amide bonds. The molecule has 1 aromatic rings. The van der Waals surface area contributed by atoms with Crippen molar-refractivity contribution < 1.29 is 4.79 Å². The zero-order chi connectivity index (χ0) is 18.7. The summed E-state index contributed by atoms with van der Waals surface area (Å²) in [5.74, 6) is -0.171. The number of halogens is 1. The molecule has 6 nitrogen and oxygen atoms in total. The third-order valence-electron chi connectivity index (χ3n) is 5.68. The van der Waals surface area contributed by atoms with Gasteiger partial charge in [-0.2, -0.15) is 0 Å². The van der Waals surface area contributed by atoms with Gasteiger partial charge in [0, 0.05) is 51.5 Å². The fourth-order valence-corrected chi connectivity index (χ4v) is 4.29. The summed E-state index contributed by atoms with van der Waals surface area (Å²) in [5.41, 5.74) is 0.0780. The van der Waals surface area contributed by atoms with E-state index in [2.05, 4.69) is 48.1 Å². The monoisotopic (exact) mass is 397 g/mol. The molecule has 1 aromatic heterocycles. The van der Waals surface area contributed by atoms with Crippen molar-refractivity contribution in [3.8, 4) is 0 Å². The first-order valence-corrected chi connectivity index (χ1v) is 10.1. The molecule has 8 heteroatoms. The lowest BCUT2D eigenvalue weighted by Gasteiger charge is -2.46. The molecule has 2 aliphatic heterocycles. The highest BCUT2D eigenvalue weighted by Gasteiger charge is 2.38. The Bertz CT molecular complexity index is 638. The van der Waals surface area contributed by atoms with Gasteiger partial charge in [-0.3, -0.25) is 14.4 Å². The quantitative estimate of drug-likeness (QED) is 0.784. The molecule has 3 rings (SSSR count). The molecule has 0 saturated carbocycles. The number of hydrogen-bond acceptors (Lipinski definition) is 5. The lowest BCUT2D eigenvalue weighted by atomic mass is 9.86. The van der Waals surface area contributed by atoms with Crippen LogP contribution in [0.25, 0.3) is 0 Å². The second kappa shape index (κ2) is 8.49. The molecule has 26 heavy (non-hydrogen) atoms. The van der Waals surface area contributed by atoms with Crippen LogP contribution in [0.2, 0.25) is 5.02 Å². The summed E-state index contributed by atoms with van der Waals surface area (Å²) in [6.07, 6.45) is 3.46. The number of piperazine rings is 1. The Hall–Kier alpha value is -0.780. The fraction of sp³-hybridized carbons (Fsp3) is 0.667. The SMILES string of the molecule is CC1CN(CC2(NC(=O)c3ncccc3Cl)CCN(P)CC2)CCN1C. The molecular formula is C18H29ClN5OP. The Morgan fingerprint density at radius 2 is 2.12 bits per heavy atom. The van der Waals surface area contributed by atoms with Crippen molar-refractivity contribution >= 4 is 26.9 Å². The predicted octanol–water partition coefficient (Wildman–Crippen LogP) is 1.73. The fourth-order valence-electron chi connectivity index (χ4n) is 3.82. The first-order chi connectivity index (χ1) is 12.4. The first-order valence-electron chi connectivity index (χ1n) is 9.24.